The molecule has 0 spiro atoms. The summed E-state index contributed by atoms with van der Waals surface area (Å²) in [6.45, 7) is -0.0487. The Balaban J connectivity index is 3.79. The number of aliphatic hydroxyl groups excluding tert-OH is 3. The Morgan fingerprint density at radius 3 is 1.18 bits per heavy atom. The first kappa shape index (κ1) is 10.8. The molecule has 0 aromatic carbocycles. The van der Waals surface area contributed by atoms with Gasteiger partial charge in [0.05, 0.1) is 19.8 Å². The fourth-order valence-electron chi connectivity index (χ4n) is 0.894. The molecule has 0 radical (unpaired) electrons. The molecule has 4 N–H and O–H groups in total. The van der Waals surface area contributed by atoms with E-state index in [1.54, 1.807) is 0 Å². The predicted octanol–water partition coefficient (Wildman–Crippen LogP) is -1.83. The van der Waals surface area contributed by atoms with E-state index in [9.17, 15) is 5.21 Å². The van der Waals surface area contributed by atoms with Gasteiger partial charge in [-0.05, 0) is 0 Å². The quantitative estimate of drug-likeness (QED) is 0.276. The van der Waals surface area contributed by atoms with E-state index < -0.39 is 4.65 Å². The Hall–Kier alpha value is -0.200. The Bertz CT molecular complexity index is 81.6. The van der Waals surface area contributed by atoms with Crippen LogP contribution in [0.25, 0.3) is 0 Å². The highest BCUT2D eigenvalue weighted by atomic mass is 16.5. The minimum atomic E-state index is -0.469. The van der Waals surface area contributed by atoms with Crippen molar-refractivity contribution in [2.24, 2.45) is 0 Å². The topological polar surface area (TPSA) is 80.9 Å². The van der Waals surface area contributed by atoms with Crippen LogP contribution in [0.15, 0.2) is 0 Å². The second-order valence-electron chi connectivity index (χ2n) is 2.44. The predicted molar refractivity (Wildman–Crippen MR) is 37.9 cm³/mol. The Labute approximate surface area is 65.7 Å². The molecule has 0 heterocycles. The molecular formula is C6H16NO4+. The number of aliphatic hydroxyl groups is 3. The minimum absolute atomic E-state index is 0.140. The molecule has 0 fully saturated rings. The van der Waals surface area contributed by atoms with Gasteiger partial charge in [-0.15, -0.1) is 0 Å². The third kappa shape index (κ3) is 4.28. The fourth-order valence-corrected chi connectivity index (χ4v) is 0.894. The van der Waals surface area contributed by atoms with Crippen LogP contribution < -0.4 is 0 Å². The Kier molecular flexibility index (Phi) is 5.35. The summed E-state index contributed by atoms with van der Waals surface area (Å²) in [4.78, 5) is 0. The van der Waals surface area contributed by atoms with Crippen molar-refractivity contribution in [3.05, 3.63) is 0 Å². The van der Waals surface area contributed by atoms with Crippen LogP contribution in [0.2, 0.25) is 0 Å². The number of hydrogen-bond acceptors (Lipinski definition) is 4. The first-order chi connectivity index (χ1) is 5.18. The summed E-state index contributed by atoms with van der Waals surface area (Å²) in [5.74, 6) is 0. The highest BCUT2D eigenvalue weighted by Gasteiger charge is 2.22. The first-order valence-corrected chi connectivity index (χ1v) is 3.60. The first-order valence-electron chi connectivity index (χ1n) is 3.60. The van der Waals surface area contributed by atoms with Gasteiger partial charge in [-0.1, -0.05) is 0 Å². The van der Waals surface area contributed by atoms with E-state index in [0.717, 1.165) is 0 Å². The maximum absolute atomic E-state index is 9.47. The second kappa shape index (κ2) is 5.45. The van der Waals surface area contributed by atoms with Crippen molar-refractivity contribution < 1.29 is 25.2 Å². The molecule has 0 aromatic rings. The molecule has 0 rings (SSSR count). The summed E-state index contributed by atoms with van der Waals surface area (Å²) in [5, 5.41) is 35.0. The molecule has 0 aliphatic carbocycles. The SMILES string of the molecule is OCC[N+](O)(CCO)CCO. The van der Waals surface area contributed by atoms with Crippen LogP contribution in [0.4, 0.5) is 0 Å². The monoisotopic (exact) mass is 166 g/mol. The van der Waals surface area contributed by atoms with Gasteiger partial charge in [0.1, 0.15) is 19.6 Å². The van der Waals surface area contributed by atoms with Crippen LogP contribution in [-0.2, 0) is 0 Å². The van der Waals surface area contributed by atoms with E-state index in [-0.39, 0.29) is 39.5 Å². The van der Waals surface area contributed by atoms with Crippen LogP contribution in [0.1, 0.15) is 0 Å². The largest absolute Gasteiger partial charge is 0.390 e. The van der Waals surface area contributed by atoms with E-state index in [2.05, 4.69) is 0 Å². The van der Waals surface area contributed by atoms with Gasteiger partial charge in [0.25, 0.3) is 0 Å². The average molecular weight is 166 g/mol. The maximum atomic E-state index is 9.47. The standard InChI is InChI=1S/C6H16NO4/c8-4-1-7(11,2-5-9)3-6-10/h8-11H,1-6H2/q+1. The lowest BCUT2D eigenvalue weighted by Crippen LogP contribution is -2.50. The van der Waals surface area contributed by atoms with E-state index in [0.29, 0.717) is 0 Å². The average Bonchev–Trinajstić information content (AvgIpc) is 1.88. The Morgan fingerprint density at radius 2 is 1.00 bits per heavy atom. The molecule has 0 saturated carbocycles. The molecule has 0 aliphatic heterocycles. The van der Waals surface area contributed by atoms with Gasteiger partial charge in [0.2, 0.25) is 0 Å². The van der Waals surface area contributed by atoms with Gasteiger partial charge >= 0.3 is 0 Å². The molecule has 5 heteroatoms. The number of rotatable bonds is 6. The number of hydroxylamine groups is 3. The molecule has 0 aliphatic rings. The van der Waals surface area contributed by atoms with E-state index >= 15 is 0 Å². The second-order valence-corrected chi connectivity index (χ2v) is 2.44. The van der Waals surface area contributed by atoms with Crippen molar-refractivity contribution in [2.75, 3.05) is 39.5 Å². The van der Waals surface area contributed by atoms with Crippen LogP contribution >= 0.6 is 0 Å². The summed E-state index contributed by atoms with van der Waals surface area (Å²) in [5.41, 5.74) is 0. The van der Waals surface area contributed by atoms with Crippen molar-refractivity contribution in [3.8, 4) is 0 Å². The third-order valence-corrected chi connectivity index (χ3v) is 1.55. The summed E-state index contributed by atoms with van der Waals surface area (Å²) in [6, 6.07) is 0. The van der Waals surface area contributed by atoms with Gasteiger partial charge in [-0.2, -0.15) is 4.65 Å². The van der Waals surface area contributed by atoms with E-state index in [1.165, 1.54) is 0 Å². The molecule has 11 heavy (non-hydrogen) atoms. The summed E-state index contributed by atoms with van der Waals surface area (Å²) in [7, 11) is 0. The van der Waals surface area contributed by atoms with Crippen molar-refractivity contribution in [1.29, 1.82) is 0 Å². The summed E-state index contributed by atoms with van der Waals surface area (Å²) < 4.78 is -0.469. The highest BCUT2D eigenvalue weighted by Crippen LogP contribution is 1.98. The summed E-state index contributed by atoms with van der Waals surface area (Å²) in [6.07, 6.45) is 0. The summed E-state index contributed by atoms with van der Waals surface area (Å²) >= 11 is 0. The van der Waals surface area contributed by atoms with Crippen molar-refractivity contribution >= 4 is 0 Å². The number of quaternary nitrogens is 1. The Morgan fingerprint density at radius 1 is 0.727 bits per heavy atom. The molecule has 0 atom stereocenters. The van der Waals surface area contributed by atoms with Crippen molar-refractivity contribution in [2.45, 2.75) is 0 Å². The molecule has 0 unspecified atom stereocenters. The zero-order valence-electron chi connectivity index (χ0n) is 6.48. The van der Waals surface area contributed by atoms with Gasteiger partial charge in [-0.3, -0.25) is 0 Å². The van der Waals surface area contributed by atoms with Gasteiger partial charge in [-0.25, -0.2) is 5.21 Å². The zero-order chi connectivity index (χ0) is 8.74. The van der Waals surface area contributed by atoms with Crippen molar-refractivity contribution in [1.82, 2.24) is 0 Å². The molecule has 68 valence electrons. The molecule has 0 saturated heterocycles. The van der Waals surface area contributed by atoms with Gasteiger partial charge in [0, 0.05) is 0 Å². The lowest BCUT2D eigenvalue weighted by atomic mass is 10.4. The fraction of sp³-hybridized carbons (Fsp3) is 1.00. The number of nitrogens with zero attached hydrogens (tertiary/aromatic N) is 1. The molecule has 0 bridgehead atoms. The molecular weight excluding hydrogens is 150 g/mol. The van der Waals surface area contributed by atoms with Crippen LogP contribution in [0.5, 0.6) is 0 Å². The van der Waals surface area contributed by atoms with Crippen molar-refractivity contribution in [3.63, 3.8) is 0 Å². The molecule has 0 aromatic heterocycles. The smallest absolute Gasteiger partial charge is 0.132 e. The van der Waals surface area contributed by atoms with E-state index in [4.69, 9.17) is 15.3 Å². The minimum Gasteiger partial charge on any atom is -0.390 e. The number of hydrogen-bond donors (Lipinski definition) is 4. The molecule has 5 nitrogen and oxygen atoms in total. The van der Waals surface area contributed by atoms with E-state index in [1.807, 2.05) is 0 Å². The van der Waals surface area contributed by atoms with Crippen LogP contribution in [0, 0.1) is 0 Å². The lowest BCUT2D eigenvalue weighted by molar-refractivity contribution is -1.10. The van der Waals surface area contributed by atoms with Crippen LogP contribution in [-0.4, -0.2) is 64.6 Å². The van der Waals surface area contributed by atoms with Gasteiger partial charge in [0.15, 0.2) is 0 Å². The maximum Gasteiger partial charge on any atom is 0.132 e. The van der Waals surface area contributed by atoms with Crippen LogP contribution in [0.3, 0.4) is 0 Å². The van der Waals surface area contributed by atoms with Gasteiger partial charge < -0.3 is 15.3 Å². The zero-order valence-corrected chi connectivity index (χ0v) is 6.48. The third-order valence-electron chi connectivity index (χ3n) is 1.55. The molecule has 0 amide bonds. The lowest BCUT2D eigenvalue weighted by Gasteiger charge is -2.27. The highest BCUT2D eigenvalue weighted by molar-refractivity contribution is 4.33. The normalized spacial score (nSPS) is 12.0.